The van der Waals surface area contributed by atoms with Crippen LogP contribution in [0.2, 0.25) is 0 Å². The molecule has 0 amide bonds. The first kappa shape index (κ1) is 16.2. The van der Waals surface area contributed by atoms with Gasteiger partial charge in [0, 0.05) is 6.61 Å². The Labute approximate surface area is 118 Å². The molecule has 1 unspecified atom stereocenters. The van der Waals surface area contributed by atoms with Crippen molar-refractivity contribution in [2.24, 2.45) is 5.73 Å². The molecule has 2 nitrogen and oxygen atoms in total. The van der Waals surface area contributed by atoms with E-state index in [0.717, 1.165) is 18.6 Å². The van der Waals surface area contributed by atoms with E-state index in [9.17, 15) is 0 Å². The highest BCUT2D eigenvalue weighted by Crippen LogP contribution is 2.12. The van der Waals surface area contributed by atoms with E-state index in [-0.39, 0.29) is 6.04 Å². The highest BCUT2D eigenvalue weighted by molar-refractivity contribution is 5.23. The van der Waals surface area contributed by atoms with Crippen molar-refractivity contribution in [1.82, 2.24) is 0 Å². The van der Waals surface area contributed by atoms with Crippen molar-refractivity contribution in [3.05, 3.63) is 35.4 Å². The molecule has 2 N–H and O–H groups in total. The second kappa shape index (κ2) is 9.99. The smallest absolute Gasteiger partial charge is 0.0659 e. The average molecular weight is 263 g/mol. The van der Waals surface area contributed by atoms with Crippen LogP contribution in [0, 0.1) is 6.92 Å². The van der Waals surface area contributed by atoms with Gasteiger partial charge in [0.1, 0.15) is 0 Å². The molecule has 19 heavy (non-hydrogen) atoms. The van der Waals surface area contributed by atoms with Crippen LogP contribution < -0.4 is 5.73 Å². The van der Waals surface area contributed by atoms with Crippen molar-refractivity contribution < 1.29 is 4.74 Å². The average Bonchev–Trinajstić information content (AvgIpc) is 2.42. The summed E-state index contributed by atoms with van der Waals surface area (Å²) in [7, 11) is 0. The van der Waals surface area contributed by atoms with E-state index in [1.54, 1.807) is 0 Å². The maximum absolute atomic E-state index is 6.10. The first-order valence-electron chi connectivity index (χ1n) is 7.64. The maximum Gasteiger partial charge on any atom is 0.0659 e. The highest BCUT2D eigenvalue weighted by Gasteiger charge is 2.05. The molecule has 0 radical (unpaired) electrons. The van der Waals surface area contributed by atoms with Crippen molar-refractivity contribution in [3.63, 3.8) is 0 Å². The lowest BCUT2D eigenvalue weighted by molar-refractivity contribution is 0.117. The third kappa shape index (κ3) is 7.34. The van der Waals surface area contributed by atoms with Crippen LogP contribution in [0.5, 0.6) is 0 Å². The lowest BCUT2D eigenvalue weighted by atomic mass is 10.1. The van der Waals surface area contributed by atoms with Crippen LogP contribution in [-0.4, -0.2) is 13.2 Å². The summed E-state index contributed by atoms with van der Waals surface area (Å²) in [5.41, 5.74) is 8.53. The molecule has 0 aliphatic carbocycles. The summed E-state index contributed by atoms with van der Waals surface area (Å²) in [5.74, 6) is 0. The van der Waals surface area contributed by atoms with Crippen LogP contribution in [-0.2, 0) is 4.74 Å². The van der Waals surface area contributed by atoms with Gasteiger partial charge in [-0.05, 0) is 18.9 Å². The minimum atomic E-state index is 0.000640. The van der Waals surface area contributed by atoms with Gasteiger partial charge in [-0.3, -0.25) is 0 Å². The van der Waals surface area contributed by atoms with Crippen LogP contribution in [0.3, 0.4) is 0 Å². The zero-order valence-corrected chi connectivity index (χ0v) is 12.5. The number of rotatable bonds is 10. The van der Waals surface area contributed by atoms with Crippen LogP contribution in [0.1, 0.15) is 62.6 Å². The summed E-state index contributed by atoms with van der Waals surface area (Å²) in [4.78, 5) is 0. The Bertz CT molecular complexity index is 321. The molecule has 2 heteroatoms. The molecule has 0 saturated carbocycles. The molecule has 1 aromatic carbocycles. The largest absolute Gasteiger partial charge is 0.379 e. The van der Waals surface area contributed by atoms with Gasteiger partial charge in [-0.1, -0.05) is 68.9 Å². The Kier molecular flexibility index (Phi) is 8.52. The van der Waals surface area contributed by atoms with Gasteiger partial charge in [0.15, 0.2) is 0 Å². The second-order valence-corrected chi connectivity index (χ2v) is 5.36. The van der Waals surface area contributed by atoms with Crippen molar-refractivity contribution in [3.8, 4) is 0 Å². The van der Waals surface area contributed by atoms with Crippen LogP contribution >= 0.6 is 0 Å². The van der Waals surface area contributed by atoms with Gasteiger partial charge in [-0.2, -0.15) is 0 Å². The molecule has 0 saturated heterocycles. The first-order chi connectivity index (χ1) is 9.24. The van der Waals surface area contributed by atoms with E-state index in [1.807, 2.05) is 0 Å². The highest BCUT2D eigenvalue weighted by atomic mass is 16.5. The summed E-state index contributed by atoms with van der Waals surface area (Å²) in [6.45, 7) is 5.80. The number of hydrogen-bond acceptors (Lipinski definition) is 2. The number of ether oxygens (including phenoxy) is 1. The van der Waals surface area contributed by atoms with E-state index in [2.05, 4.69) is 38.1 Å². The zero-order valence-electron chi connectivity index (χ0n) is 12.5. The number of aryl methyl sites for hydroxylation is 1. The third-order valence-electron chi connectivity index (χ3n) is 3.45. The monoisotopic (exact) mass is 263 g/mol. The summed E-state index contributed by atoms with van der Waals surface area (Å²) in [6.07, 6.45) is 7.80. The number of benzene rings is 1. The van der Waals surface area contributed by atoms with E-state index in [4.69, 9.17) is 10.5 Å². The van der Waals surface area contributed by atoms with Gasteiger partial charge in [-0.15, -0.1) is 0 Å². The summed E-state index contributed by atoms with van der Waals surface area (Å²) in [5, 5.41) is 0. The molecule has 1 aromatic rings. The van der Waals surface area contributed by atoms with Gasteiger partial charge in [0.2, 0.25) is 0 Å². The van der Waals surface area contributed by atoms with Gasteiger partial charge in [0.25, 0.3) is 0 Å². The summed E-state index contributed by atoms with van der Waals surface area (Å²) < 4.78 is 5.66. The third-order valence-corrected chi connectivity index (χ3v) is 3.45. The SMILES string of the molecule is CCCCCCCCOCC(N)c1ccc(C)cc1. The van der Waals surface area contributed by atoms with E-state index in [0.29, 0.717) is 6.61 Å². The molecule has 0 bridgehead atoms. The fraction of sp³-hybridized carbons (Fsp3) is 0.647. The predicted molar refractivity (Wildman–Crippen MR) is 82.3 cm³/mol. The molecular weight excluding hydrogens is 234 g/mol. The molecule has 0 aliphatic heterocycles. The van der Waals surface area contributed by atoms with E-state index >= 15 is 0 Å². The van der Waals surface area contributed by atoms with E-state index in [1.165, 1.54) is 37.7 Å². The fourth-order valence-electron chi connectivity index (χ4n) is 2.10. The Balaban J connectivity index is 2.04. The topological polar surface area (TPSA) is 35.2 Å². The second-order valence-electron chi connectivity index (χ2n) is 5.36. The molecule has 1 atom stereocenters. The molecule has 0 aromatic heterocycles. The molecule has 0 fully saturated rings. The van der Waals surface area contributed by atoms with Crippen LogP contribution in [0.15, 0.2) is 24.3 Å². The van der Waals surface area contributed by atoms with Crippen molar-refractivity contribution >= 4 is 0 Å². The summed E-state index contributed by atoms with van der Waals surface area (Å²) >= 11 is 0. The van der Waals surface area contributed by atoms with Crippen LogP contribution in [0.4, 0.5) is 0 Å². The van der Waals surface area contributed by atoms with Crippen LogP contribution in [0.25, 0.3) is 0 Å². The van der Waals surface area contributed by atoms with Crippen molar-refractivity contribution in [2.75, 3.05) is 13.2 Å². The first-order valence-corrected chi connectivity index (χ1v) is 7.64. The minimum absolute atomic E-state index is 0.000640. The normalized spacial score (nSPS) is 12.6. The predicted octanol–water partition coefficient (Wildman–Crippen LogP) is 4.37. The van der Waals surface area contributed by atoms with Crippen molar-refractivity contribution in [2.45, 2.75) is 58.4 Å². The molecule has 0 spiro atoms. The number of nitrogens with two attached hydrogens (primary N) is 1. The molecular formula is C17H29NO. The Morgan fingerprint density at radius 2 is 1.63 bits per heavy atom. The molecule has 1 rings (SSSR count). The van der Waals surface area contributed by atoms with Gasteiger partial charge < -0.3 is 10.5 Å². The minimum Gasteiger partial charge on any atom is -0.379 e. The standard InChI is InChI=1S/C17H29NO/c1-3-4-5-6-7-8-13-19-14-17(18)16-11-9-15(2)10-12-16/h9-12,17H,3-8,13-14,18H2,1-2H3. The van der Waals surface area contributed by atoms with Crippen molar-refractivity contribution in [1.29, 1.82) is 0 Å². The quantitative estimate of drug-likeness (QED) is 0.636. The number of unbranched alkanes of at least 4 members (excludes halogenated alkanes) is 5. The fourth-order valence-corrected chi connectivity index (χ4v) is 2.10. The molecule has 0 heterocycles. The van der Waals surface area contributed by atoms with Gasteiger partial charge in [-0.25, -0.2) is 0 Å². The Hall–Kier alpha value is -0.860. The molecule has 108 valence electrons. The van der Waals surface area contributed by atoms with Gasteiger partial charge in [0.05, 0.1) is 12.6 Å². The number of hydrogen-bond donors (Lipinski definition) is 1. The lowest BCUT2D eigenvalue weighted by Gasteiger charge is -2.12. The maximum atomic E-state index is 6.10. The Morgan fingerprint density at radius 3 is 2.32 bits per heavy atom. The zero-order chi connectivity index (χ0) is 13.9. The van der Waals surface area contributed by atoms with Gasteiger partial charge >= 0.3 is 0 Å². The summed E-state index contributed by atoms with van der Waals surface area (Å²) in [6, 6.07) is 8.38. The molecule has 0 aliphatic rings. The van der Waals surface area contributed by atoms with E-state index < -0.39 is 0 Å². The lowest BCUT2D eigenvalue weighted by Crippen LogP contribution is -2.17. The Morgan fingerprint density at radius 1 is 1.00 bits per heavy atom.